The number of ether oxygens (including phenoxy) is 2. The Morgan fingerprint density at radius 3 is 2.87 bits per heavy atom. The van der Waals surface area contributed by atoms with Gasteiger partial charge in [-0.2, -0.15) is 0 Å². The van der Waals surface area contributed by atoms with Crippen molar-refractivity contribution >= 4 is 5.97 Å². The molecule has 0 atom stereocenters. The van der Waals surface area contributed by atoms with Gasteiger partial charge in [0, 0.05) is 12.8 Å². The van der Waals surface area contributed by atoms with Gasteiger partial charge < -0.3 is 9.47 Å². The third-order valence-electron chi connectivity index (χ3n) is 1.78. The van der Waals surface area contributed by atoms with E-state index in [4.69, 9.17) is 9.47 Å². The molecule has 0 saturated carbocycles. The predicted molar refractivity (Wildman–Crippen MR) is 55.5 cm³/mol. The van der Waals surface area contributed by atoms with Crippen LogP contribution in [-0.4, -0.2) is 24.2 Å². The fourth-order valence-corrected chi connectivity index (χ4v) is 1.11. The lowest BCUT2D eigenvalue weighted by Gasteiger charge is -2.04. The van der Waals surface area contributed by atoms with Crippen LogP contribution >= 0.6 is 0 Å². The Labute approximate surface area is 89.2 Å². The largest absolute Gasteiger partial charge is 0.462 e. The second-order valence-electron chi connectivity index (χ2n) is 2.89. The topological polar surface area (TPSA) is 48.4 Å². The monoisotopic (exact) mass is 209 g/mol. The number of nitrogens with zero attached hydrogens (tertiary/aromatic N) is 1. The van der Waals surface area contributed by atoms with Gasteiger partial charge >= 0.3 is 5.97 Å². The van der Waals surface area contributed by atoms with Crippen molar-refractivity contribution in [3.05, 3.63) is 29.6 Å². The van der Waals surface area contributed by atoms with E-state index in [0.717, 1.165) is 5.69 Å². The number of pyridine rings is 1. The number of carbonyl (C=O) groups is 1. The Kier molecular flexibility index (Phi) is 4.77. The van der Waals surface area contributed by atoms with E-state index in [2.05, 4.69) is 4.98 Å². The van der Waals surface area contributed by atoms with Gasteiger partial charge in [-0.05, 0) is 26.0 Å². The van der Waals surface area contributed by atoms with Crippen LogP contribution in [0.15, 0.2) is 18.3 Å². The summed E-state index contributed by atoms with van der Waals surface area (Å²) in [5.41, 5.74) is 1.25. The molecule has 4 heteroatoms. The molecule has 0 aliphatic rings. The molecule has 0 fully saturated rings. The highest BCUT2D eigenvalue weighted by Crippen LogP contribution is 2.05. The maximum absolute atomic E-state index is 11.4. The Morgan fingerprint density at radius 1 is 1.40 bits per heavy atom. The zero-order valence-corrected chi connectivity index (χ0v) is 9.03. The van der Waals surface area contributed by atoms with Crippen molar-refractivity contribution in [2.75, 3.05) is 13.2 Å². The summed E-state index contributed by atoms with van der Waals surface area (Å²) in [6.45, 7) is 5.12. The summed E-state index contributed by atoms with van der Waals surface area (Å²) in [5.74, 6) is -0.322. The predicted octanol–water partition coefficient (Wildman–Crippen LogP) is 1.79. The standard InChI is InChI=1S/C11H15NO3/c1-3-14-8-10-7-9(5-6-12-10)11(13)15-4-2/h5-7H,3-4,8H2,1-2H3. The maximum Gasteiger partial charge on any atom is 0.338 e. The molecular formula is C11H15NO3. The van der Waals surface area contributed by atoms with Gasteiger partial charge in [-0.3, -0.25) is 4.98 Å². The SMILES string of the molecule is CCOCc1cc(C(=O)OCC)ccn1. The van der Waals surface area contributed by atoms with Gasteiger partial charge in [0.15, 0.2) is 0 Å². The number of esters is 1. The van der Waals surface area contributed by atoms with Crippen LogP contribution in [0, 0.1) is 0 Å². The molecule has 0 aromatic carbocycles. The summed E-state index contributed by atoms with van der Waals surface area (Å²) in [7, 11) is 0. The van der Waals surface area contributed by atoms with E-state index in [1.165, 1.54) is 0 Å². The second kappa shape index (κ2) is 6.14. The van der Waals surface area contributed by atoms with Crippen molar-refractivity contribution < 1.29 is 14.3 Å². The Hall–Kier alpha value is -1.42. The van der Waals surface area contributed by atoms with E-state index >= 15 is 0 Å². The van der Waals surface area contributed by atoms with E-state index < -0.39 is 0 Å². The summed E-state index contributed by atoms with van der Waals surface area (Å²) in [6, 6.07) is 3.32. The molecule has 0 saturated heterocycles. The van der Waals surface area contributed by atoms with Crippen molar-refractivity contribution in [3.8, 4) is 0 Å². The summed E-state index contributed by atoms with van der Waals surface area (Å²) in [5, 5.41) is 0. The number of carbonyl (C=O) groups excluding carboxylic acids is 1. The number of aromatic nitrogens is 1. The molecule has 1 aromatic rings. The molecule has 0 amide bonds. The Bertz CT molecular complexity index is 325. The number of hydrogen-bond acceptors (Lipinski definition) is 4. The first kappa shape index (κ1) is 11.7. The average Bonchev–Trinajstić information content (AvgIpc) is 2.27. The van der Waals surface area contributed by atoms with Crippen molar-refractivity contribution in [2.24, 2.45) is 0 Å². The minimum atomic E-state index is -0.322. The maximum atomic E-state index is 11.4. The van der Waals surface area contributed by atoms with Crippen molar-refractivity contribution in [1.29, 1.82) is 0 Å². The average molecular weight is 209 g/mol. The molecule has 1 rings (SSSR count). The van der Waals surface area contributed by atoms with Gasteiger partial charge in [-0.1, -0.05) is 0 Å². The molecule has 1 aromatic heterocycles. The quantitative estimate of drug-likeness (QED) is 0.694. The highest BCUT2D eigenvalue weighted by molar-refractivity contribution is 5.89. The van der Waals surface area contributed by atoms with Crippen LogP contribution < -0.4 is 0 Å². The van der Waals surface area contributed by atoms with E-state index in [9.17, 15) is 4.79 Å². The van der Waals surface area contributed by atoms with E-state index in [1.54, 1.807) is 25.3 Å². The van der Waals surface area contributed by atoms with Crippen molar-refractivity contribution in [3.63, 3.8) is 0 Å². The Balaban J connectivity index is 2.69. The molecule has 0 radical (unpaired) electrons. The van der Waals surface area contributed by atoms with Crippen LogP contribution in [-0.2, 0) is 16.1 Å². The lowest BCUT2D eigenvalue weighted by molar-refractivity contribution is 0.0525. The first-order chi connectivity index (χ1) is 7.27. The second-order valence-corrected chi connectivity index (χ2v) is 2.89. The number of hydrogen-bond donors (Lipinski definition) is 0. The highest BCUT2D eigenvalue weighted by Gasteiger charge is 2.07. The van der Waals surface area contributed by atoms with Crippen LogP contribution in [0.1, 0.15) is 29.9 Å². The van der Waals surface area contributed by atoms with Gasteiger partial charge in [0.1, 0.15) is 0 Å². The zero-order valence-electron chi connectivity index (χ0n) is 9.03. The molecule has 15 heavy (non-hydrogen) atoms. The normalized spacial score (nSPS) is 10.0. The molecule has 0 bridgehead atoms. The molecule has 1 heterocycles. The van der Waals surface area contributed by atoms with Crippen molar-refractivity contribution in [1.82, 2.24) is 4.98 Å². The molecule has 0 unspecified atom stereocenters. The van der Waals surface area contributed by atoms with Crippen LogP contribution in [0.3, 0.4) is 0 Å². The van der Waals surface area contributed by atoms with Gasteiger partial charge in [-0.15, -0.1) is 0 Å². The first-order valence-electron chi connectivity index (χ1n) is 4.97. The third kappa shape index (κ3) is 3.67. The Morgan fingerprint density at radius 2 is 2.20 bits per heavy atom. The van der Waals surface area contributed by atoms with Crippen LogP contribution in [0.4, 0.5) is 0 Å². The van der Waals surface area contributed by atoms with Crippen molar-refractivity contribution in [2.45, 2.75) is 20.5 Å². The van der Waals surface area contributed by atoms with E-state index in [-0.39, 0.29) is 5.97 Å². The summed E-state index contributed by atoms with van der Waals surface area (Å²) < 4.78 is 10.1. The van der Waals surface area contributed by atoms with Gasteiger partial charge in [0.2, 0.25) is 0 Å². The molecular weight excluding hydrogens is 194 g/mol. The van der Waals surface area contributed by atoms with E-state index in [1.807, 2.05) is 6.92 Å². The van der Waals surface area contributed by atoms with Gasteiger partial charge in [-0.25, -0.2) is 4.79 Å². The van der Waals surface area contributed by atoms with Crippen LogP contribution in [0.25, 0.3) is 0 Å². The van der Waals surface area contributed by atoms with Crippen LogP contribution in [0.5, 0.6) is 0 Å². The molecule has 0 aliphatic heterocycles. The first-order valence-corrected chi connectivity index (χ1v) is 4.97. The molecule has 4 nitrogen and oxygen atoms in total. The fourth-order valence-electron chi connectivity index (χ4n) is 1.11. The minimum Gasteiger partial charge on any atom is -0.462 e. The van der Waals surface area contributed by atoms with Crippen LogP contribution in [0.2, 0.25) is 0 Å². The minimum absolute atomic E-state index is 0.322. The summed E-state index contributed by atoms with van der Waals surface area (Å²) >= 11 is 0. The zero-order chi connectivity index (χ0) is 11.1. The lowest BCUT2D eigenvalue weighted by Crippen LogP contribution is -2.06. The molecule has 0 N–H and O–H groups in total. The fraction of sp³-hybridized carbons (Fsp3) is 0.455. The molecule has 82 valence electrons. The third-order valence-corrected chi connectivity index (χ3v) is 1.78. The summed E-state index contributed by atoms with van der Waals surface area (Å²) in [4.78, 5) is 15.5. The van der Waals surface area contributed by atoms with E-state index in [0.29, 0.717) is 25.4 Å². The summed E-state index contributed by atoms with van der Waals surface area (Å²) in [6.07, 6.45) is 1.58. The number of rotatable bonds is 5. The smallest absolute Gasteiger partial charge is 0.338 e. The molecule has 0 aliphatic carbocycles. The van der Waals surface area contributed by atoms with Gasteiger partial charge in [0.05, 0.1) is 24.5 Å². The molecule has 0 spiro atoms. The van der Waals surface area contributed by atoms with Gasteiger partial charge in [0.25, 0.3) is 0 Å². The lowest BCUT2D eigenvalue weighted by atomic mass is 10.2. The highest BCUT2D eigenvalue weighted by atomic mass is 16.5.